The van der Waals surface area contributed by atoms with Crippen molar-refractivity contribution in [1.29, 1.82) is 0 Å². The summed E-state index contributed by atoms with van der Waals surface area (Å²) in [5.74, 6) is 0.0532. The number of benzene rings is 1. The summed E-state index contributed by atoms with van der Waals surface area (Å²) in [5.41, 5.74) is 0. The van der Waals surface area contributed by atoms with Gasteiger partial charge in [-0.15, -0.1) is 0 Å². The topological polar surface area (TPSA) is 63.6 Å². The summed E-state index contributed by atoms with van der Waals surface area (Å²) in [5, 5.41) is 9.59. The van der Waals surface area contributed by atoms with Crippen LogP contribution in [0, 0.1) is 0 Å². The van der Waals surface area contributed by atoms with Crippen molar-refractivity contribution in [2.24, 2.45) is 0 Å². The lowest BCUT2D eigenvalue weighted by molar-refractivity contribution is 0.186. The van der Waals surface area contributed by atoms with E-state index in [0.717, 1.165) is 6.42 Å². The van der Waals surface area contributed by atoms with Gasteiger partial charge >= 0.3 is 0 Å². The van der Waals surface area contributed by atoms with Crippen LogP contribution in [0.15, 0.2) is 29.2 Å². The fraction of sp³-hybridized carbons (Fsp3) is 0.500. The second-order valence-corrected chi connectivity index (χ2v) is 5.88. The Kier molecular flexibility index (Phi) is 4.96. The second kappa shape index (κ2) is 6.02. The minimum absolute atomic E-state index is 0.137. The predicted molar refractivity (Wildman–Crippen MR) is 66.0 cm³/mol. The molecule has 1 rings (SSSR count). The second-order valence-electron chi connectivity index (χ2n) is 3.87. The Hall–Kier alpha value is -1.07. The van der Waals surface area contributed by atoms with Crippen molar-refractivity contribution in [2.75, 3.05) is 12.9 Å². The number of aliphatic hydroxyl groups is 1. The molecule has 1 atom stereocenters. The van der Waals surface area contributed by atoms with E-state index >= 15 is 0 Å². The molecule has 0 aliphatic carbocycles. The van der Waals surface area contributed by atoms with Gasteiger partial charge in [0.1, 0.15) is 10.6 Å². The molecule has 1 N–H and O–H groups in total. The van der Waals surface area contributed by atoms with Gasteiger partial charge in [0.15, 0.2) is 9.84 Å². The van der Waals surface area contributed by atoms with Crippen molar-refractivity contribution in [2.45, 2.75) is 30.8 Å². The molecule has 0 aliphatic heterocycles. The normalized spacial score (nSPS) is 13.4. The summed E-state index contributed by atoms with van der Waals surface area (Å²) < 4.78 is 29.1. The van der Waals surface area contributed by atoms with E-state index in [2.05, 4.69) is 0 Å². The molecular formula is C12H18O4S. The zero-order valence-electron chi connectivity index (χ0n) is 10.1. The van der Waals surface area contributed by atoms with Crippen LogP contribution in [0.1, 0.15) is 19.8 Å². The number of aliphatic hydroxyl groups excluding tert-OH is 1. The minimum Gasteiger partial charge on any atom is -0.495 e. The number of methoxy groups -OCH3 is 1. The van der Waals surface area contributed by atoms with Crippen molar-refractivity contribution in [1.82, 2.24) is 0 Å². The highest BCUT2D eigenvalue weighted by molar-refractivity contribution is 7.91. The Morgan fingerprint density at radius 3 is 2.59 bits per heavy atom. The molecule has 4 nitrogen and oxygen atoms in total. The van der Waals surface area contributed by atoms with Gasteiger partial charge in [-0.05, 0) is 18.6 Å². The van der Waals surface area contributed by atoms with E-state index in [1.165, 1.54) is 13.2 Å². The Bertz CT molecular complexity index is 453. The summed E-state index contributed by atoms with van der Waals surface area (Å²) in [6, 6.07) is 6.44. The molecule has 0 fully saturated rings. The lowest BCUT2D eigenvalue weighted by Crippen LogP contribution is -2.21. The standard InChI is InChI=1S/C12H18O4S/c1-3-6-10(13)9-17(14,15)12-8-5-4-7-11(12)16-2/h4-5,7-8,10,13H,3,6,9H2,1-2H3. The van der Waals surface area contributed by atoms with Crippen molar-refractivity contribution >= 4 is 9.84 Å². The summed E-state index contributed by atoms with van der Waals surface area (Å²) >= 11 is 0. The quantitative estimate of drug-likeness (QED) is 0.842. The highest BCUT2D eigenvalue weighted by Crippen LogP contribution is 2.24. The number of hydrogen-bond acceptors (Lipinski definition) is 4. The van der Waals surface area contributed by atoms with Crippen LogP contribution in [0.25, 0.3) is 0 Å². The maximum absolute atomic E-state index is 12.1. The molecule has 1 aromatic rings. The Morgan fingerprint density at radius 1 is 1.35 bits per heavy atom. The van der Waals surface area contributed by atoms with Crippen LogP contribution in [0.5, 0.6) is 5.75 Å². The molecule has 0 saturated heterocycles. The van der Waals surface area contributed by atoms with Crippen LogP contribution in [0.2, 0.25) is 0 Å². The van der Waals surface area contributed by atoms with Gasteiger partial charge in [0, 0.05) is 0 Å². The van der Waals surface area contributed by atoms with Gasteiger partial charge in [0.05, 0.1) is 19.0 Å². The smallest absolute Gasteiger partial charge is 0.184 e. The Balaban J connectivity index is 2.97. The van der Waals surface area contributed by atoms with Crippen LogP contribution in [0.3, 0.4) is 0 Å². The highest BCUT2D eigenvalue weighted by atomic mass is 32.2. The third kappa shape index (κ3) is 3.71. The summed E-state index contributed by atoms with van der Waals surface area (Å²) in [6.45, 7) is 1.90. The molecular weight excluding hydrogens is 240 g/mol. The first kappa shape index (κ1) is 14.0. The number of sulfone groups is 1. The van der Waals surface area contributed by atoms with Crippen LogP contribution in [-0.4, -0.2) is 32.5 Å². The van der Waals surface area contributed by atoms with Crippen LogP contribution in [0.4, 0.5) is 0 Å². The largest absolute Gasteiger partial charge is 0.495 e. The van der Waals surface area contributed by atoms with E-state index in [1.807, 2.05) is 6.92 Å². The molecule has 0 heterocycles. The van der Waals surface area contributed by atoms with Gasteiger partial charge in [-0.2, -0.15) is 0 Å². The summed E-state index contributed by atoms with van der Waals surface area (Å²) in [4.78, 5) is 0.137. The van der Waals surface area contributed by atoms with Gasteiger partial charge in [0.25, 0.3) is 0 Å². The molecule has 0 bridgehead atoms. The zero-order chi connectivity index (χ0) is 12.9. The Morgan fingerprint density at radius 2 is 2.00 bits per heavy atom. The van der Waals surface area contributed by atoms with Crippen molar-refractivity contribution < 1.29 is 18.3 Å². The van der Waals surface area contributed by atoms with Gasteiger partial charge in [-0.25, -0.2) is 8.42 Å². The first-order chi connectivity index (χ1) is 8.01. The third-order valence-corrected chi connectivity index (χ3v) is 4.27. The minimum atomic E-state index is -3.50. The highest BCUT2D eigenvalue weighted by Gasteiger charge is 2.22. The summed E-state index contributed by atoms with van der Waals surface area (Å²) in [7, 11) is -2.07. The van der Waals surface area contributed by atoms with Crippen LogP contribution < -0.4 is 4.74 Å². The first-order valence-electron chi connectivity index (χ1n) is 5.55. The number of hydrogen-bond donors (Lipinski definition) is 1. The van der Waals surface area contributed by atoms with E-state index in [0.29, 0.717) is 12.2 Å². The fourth-order valence-electron chi connectivity index (χ4n) is 1.64. The SMILES string of the molecule is CCCC(O)CS(=O)(=O)c1ccccc1OC. The molecule has 0 spiro atoms. The number of ether oxygens (including phenoxy) is 1. The molecule has 0 aliphatic rings. The zero-order valence-corrected chi connectivity index (χ0v) is 10.9. The molecule has 0 saturated carbocycles. The monoisotopic (exact) mass is 258 g/mol. The van der Waals surface area contributed by atoms with Gasteiger partial charge in [-0.3, -0.25) is 0 Å². The molecule has 1 aromatic carbocycles. The summed E-state index contributed by atoms with van der Waals surface area (Å²) in [6.07, 6.45) is 0.409. The van der Waals surface area contributed by atoms with Crippen LogP contribution >= 0.6 is 0 Å². The lowest BCUT2D eigenvalue weighted by Gasteiger charge is -2.12. The van der Waals surface area contributed by atoms with E-state index < -0.39 is 15.9 Å². The predicted octanol–water partition coefficient (Wildman–Crippen LogP) is 1.63. The maximum Gasteiger partial charge on any atom is 0.184 e. The molecule has 5 heteroatoms. The molecule has 96 valence electrons. The van der Waals surface area contributed by atoms with Gasteiger partial charge in [-0.1, -0.05) is 25.5 Å². The molecule has 17 heavy (non-hydrogen) atoms. The van der Waals surface area contributed by atoms with E-state index in [1.54, 1.807) is 18.2 Å². The lowest BCUT2D eigenvalue weighted by atomic mass is 10.2. The van der Waals surface area contributed by atoms with E-state index in [4.69, 9.17) is 4.74 Å². The molecule has 0 radical (unpaired) electrons. The van der Waals surface area contributed by atoms with Crippen molar-refractivity contribution in [3.8, 4) is 5.75 Å². The Labute approximate surface area is 102 Å². The first-order valence-corrected chi connectivity index (χ1v) is 7.20. The van der Waals surface area contributed by atoms with Gasteiger partial charge in [0.2, 0.25) is 0 Å². The van der Waals surface area contributed by atoms with E-state index in [9.17, 15) is 13.5 Å². The third-order valence-electron chi connectivity index (χ3n) is 2.44. The molecule has 0 amide bonds. The maximum atomic E-state index is 12.1. The average Bonchev–Trinajstić information content (AvgIpc) is 2.28. The van der Waals surface area contributed by atoms with Gasteiger partial charge < -0.3 is 9.84 Å². The number of rotatable bonds is 6. The van der Waals surface area contributed by atoms with E-state index in [-0.39, 0.29) is 10.6 Å². The molecule has 0 aromatic heterocycles. The average molecular weight is 258 g/mol. The van der Waals surface area contributed by atoms with Crippen LogP contribution in [-0.2, 0) is 9.84 Å². The molecule has 1 unspecified atom stereocenters. The number of para-hydroxylation sites is 1. The van der Waals surface area contributed by atoms with Crippen molar-refractivity contribution in [3.05, 3.63) is 24.3 Å². The van der Waals surface area contributed by atoms with Crippen molar-refractivity contribution in [3.63, 3.8) is 0 Å². The fourth-order valence-corrected chi connectivity index (χ4v) is 3.23.